The molecule has 12 heteroatoms. The van der Waals surface area contributed by atoms with E-state index < -0.39 is 51.0 Å². The number of hydrogen-bond acceptors (Lipinski definition) is 7. The van der Waals surface area contributed by atoms with Gasteiger partial charge in [0.25, 0.3) is 0 Å². The van der Waals surface area contributed by atoms with Crippen LogP contribution in [0.2, 0.25) is 0 Å². The second-order valence-corrected chi connectivity index (χ2v) is 5.96. The van der Waals surface area contributed by atoms with Gasteiger partial charge in [0, 0.05) is 6.42 Å². The van der Waals surface area contributed by atoms with E-state index in [-0.39, 0.29) is 12.0 Å². The van der Waals surface area contributed by atoms with Crippen molar-refractivity contribution in [1.29, 1.82) is 0 Å². The molecule has 3 atom stereocenters. The van der Waals surface area contributed by atoms with Crippen molar-refractivity contribution in [3.8, 4) is 6.01 Å². The molecule has 0 spiro atoms. The Morgan fingerprint density at radius 3 is 2.77 bits per heavy atom. The maximum atomic E-state index is 11.4. The van der Waals surface area contributed by atoms with Crippen molar-refractivity contribution in [3.63, 3.8) is 0 Å². The Morgan fingerprint density at radius 2 is 2.18 bits per heavy atom. The van der Waals surface area contributed by atoms with Crippen molar-refractivity contribution >= 4 is 7.82 Å². The number of H-pyrrole nitrogens is 1. The summed E-state index contributed by atoms with van der Waals surface area (Å²) in [7, 11) is -4.69. The van der Waals surface area contributed by atoms with Crippen molar-refractivity contribution in [2.24, 2.45) is 0 Å². The number of ether oxygens (including phenoxy) is 1. The van der Waals surface area contributed by atoms with Gasteiger partial charge in [0.2, 0.25) is 6.23 Å². The Bertz CT molecular complexity index is 642. The molecule has 1 aliphatic heterocycles. The van der Waals surface area contributed by atoms with Gasteiger partial charge in [-0.05, 0) is 0 Å². The highest BCUT2D eigenvalue weighted by atomic mass is 31.2. The fraction of sp³-hybridized carbons (Fsp3) is 0.600. The van der Waals surface area contributed by atoms with Gasteiger partial charge in [-0.15, -0.1) is 0 Å². The van der Waals surface area contributed by atoms with E-state index in [1.54, 1.807) is 0 Å². The first kappa shape index (κ1) is 17.0. The normalized spacial score (nSPS) is 25.5. The lowest BCUT2D eigenvalue weighted by molar-refractivity contribution is -0.766. The molecule has 0 aliphatic carbocycles. The van der Waals surface area contributed by atoms with Crippen molar-refractivity contribution < 1.29 is 43.5 Å². The number of hydrogen-bond donors (Lipinski definition) is 6. The molecule has 1 saturated heterocycles. The molecule has 0 radical (unpaired) electrons. The fourth-order valence-corrected chi connectivity index (χ4v) is 2.41. The zero-order valence-corrected chi connectivity index (χ0v) is 12.1. The van der Waals surface area contributed by atoms with Crippen LogP contribution in [0.4, 0.5) is 0 Å². The molecule has 0 aromatic carbocycles. The quantitative estimate of drug-likeness (QED) is 0.253. The number of nitrogens with zero attached hydrogens (tertiary/aromatic N) is 1. The van der Waals surface area contributed by atoms with E-state index in [1.807, 2.05) is 0 Å². The van der Waals surface area contributed by atoms with Crippen LogP contribution in [0, 0.1) is 0 Å². The summed E-state index contributed by atoms with van der Waals surface area (Å²) in [6, 6.07) is -0.545. The first-order valence-electron chi connectivity index (χ1n) is 6.22. The topological polar surface area (TPSA) is 173 Å². The first-order valence-corrected chi connectivity index (χ1v) is 7.75. The highest BCUT2D eigenvalue weighted by Crippen LogP contribution is 2.37. The molecule has 11 nitrogen and oxygen atoms in total. The molecule has 2 heterocycles. The Kier molecular flexibility index (Phi) is 4.97. The lowest BCUT2D eigenvalue weighted by Crippen LogP contribution is -2.43. The predicted molar refractivity (Wildman–Crippen MR) is 67.4 cm³/mol. The molecule has 1 aromatic heterocycles. The molecule has 6 N–H and O–H groups in total. The number of nitrogens with one attached hydrogen (secondary N) is 1. The molecule has 1 fully saturated rings. The standard InChI is InChI=1S/C10H15N2O9P/c13-3-5-2-12(10(16)11-9(5)15)8-1-6(14)7(21-8)4-20-22(17,18)19/h2,6-8,13-14H,1,3-4H2,(H3,11,15,16,17,18,19)/p+1/t6-,7+,8+/m0/s1. The van der Waals surface area contributed by atoms with Crippen LogP contribution in [0.1, 0.15) is 18.2 Å². The first-order chi connectivity index (χ1) is 10.2. The van der Waals surface area contributed by atoms with E-state index in [0.29, 0.717) is 0 Å². The average molecular weight is 339 g/mol. The molecule has 0 saturated carbocycles. The van der Waals surface area contributed by atoms with Crippen LogP contribution >= 0.6 is 7.82 Å². The number of phosphoric acid groups is 1. The molecule has 0 bridgehead atoms. The summed E-state index contributed by atoms with van der Waals surface area (Å²) in [5, 5.41) is 28.6. The third-order valence-corrected chi connectivity index (χ3v) is 3.63. The van der Waals surface area contributed by atoms with Gasteiger partial charge >= 0.3 is 19.4 Å². The molecular weight excluding hydrogens is 323 g/mol. The minimum atomic E-state index is -4.69. The van der Waals surface area contributed by atoms with Crippen molar-refractivity contribution in [1.82, 2.24) is 4.98 Å². The number of phosphoric ester groups is 1. The number of rotatable bonds is 5. The third kappa shape index (κ3) is 3.90. The lowest BCUT2D eigenvalue weighted by atomic mass is 10.2. The van der Waals surface area contributed by atoms with E-state index in [1.165, 1.54) is 0 Å². The van der Waals surface area contributed by atoms with Crippen LogP contribution in [-0.2, 0) is 20.4 Å². The van der Waals surface area contributed by atoms with Crippen molar-refractivity contribution in [2.45, 2.75) is 31.5 Å². The average Bonchev–Trinajstić information content (AvgIpc) is 2.77. The maximum absolute atomic E-state index is 11.4. The van der Waals surface area contributed by atoms with E-state index in [4.69, 9.17) is 19.6 Å². The Hall–Kier alpha value is -1.33. The van der Waals surface area contributed by atoms with Gasteiger partial charge in [0.05, 0.1) is 19.3 Å². The summed E-state index contributed by atoms with van der Waals surface area (Å²) in [4.78, 5) is 30.8. The molecule has 124 valence electrons. The Balaban J connectivity index is 2.15. The number of aliphatic hydroxyl groups is 2. The molecule has 1 aliphatic rings. The van der Waals surface area contributed by atoms with Crippen molar-refractivity contribution in [3.05, 3.63) is 22.1 Å². The van der Waals surface area contributed by atoms with Crippen molar-refractivity contribution in [2.75, 3.05) is 6.61 Å². The second-order valence-electron chi connectivity index (χ2n) is 4.72. The van der Waals surface area contributed by atoms with E-state index in [9.17, 15) is 19.6 Å². The number of aliphatic hydroxyl groups excluding tert-OH is 2. The summed E-state index contributed by atoms with van der Waals surface area (Å²) in [5.74, 6) is 0. The number of aromatic hydroxyl groups is 1. The van der Waals surface area contributed by atoms with Crippen LogP contribution in [0.15, 0.2) is 11.0 Å². The Labute approximate surface area is 123 Å². The fourth-order valence-electron chi connectivity index (χ4n) is 2.07. The van der Waals surface area contributed by atoms with Crippen LogP contribution in [-0.4, -0.2) is 48.9 Å². The number of aromatic nitrogens is 2. The van der Waals surface area contributed by atoms with E-state index in [2.05, 4.69) is 9.51 Å². The molecule has 2 rings (SSSR count). The minimum absolute atomic E-state index is 0.00960. The minimum Gasteiger partial charge on any atom is -0.446 e. The van der Waals surface area contributed by atoms with E-state index in [0.717, 1.165) is 10.8 Å². The zero-order valence-electron chi connectivity index (χ0n) is 11.2. The monoisotopic (exact) mass is 339 g/mol. The summed E-state index contributed by atoms with van der Waals surface area (Å²) in [6.07, 6.45) is -1.85. The zero-order chi connectivity index (χ0) is 16.5. The Morgan fingerprint density at radius 1 is 1.50 bits per heavy atom. The SMILES string of the molecule is O=c1[nH]c(O)[n+]([C@H]2C[C@H](O)[C@@H](COP(=O)(O)O)O2)cc1CO. The predicted octanol–water partition coefficient (Wildman–Crippen LogP) is -2.38. The van der Waals surface area contributed by atoms with Crippen LogP contribution in [0.3, 0.4) is 0 Å². The highest BCUT2D eigenvalue weighted by molar-refractivity contribution is 7.46. The lowest BCUT2D eigenvalue weighted by Gasteiger charge is -2.14. The van der Waals surface area contributed by atoms with Crippen LogP contribution < -0.4 is 10.1 Å². The van der Waals surface area contributed by atoms with Gasteiger partial charge in [0.1, 0.15) is 17.9 Å². The summed E-state index contributed by atoms with van der Waals surface area (Å²) in [6.45, 7) is -1.10. The molecule has 0 amide bonds. The summed E-state index contributed by atoms with van der Waals surface area (Å²) >= 11 is 0. The largest absolute Gasteiger partial charge is 0.469 e. The number of aromatic amines is 1. The molecule has 1 aromatic rings. The van der Waals surface area contributed by atoms with Crippen LogP contribution in [0.5, 0.6) is 6.01 Å². The molecular formula is C10H16N2O9P+. The summed E-state index contributed by atoms with van der Waals surface area (Å²) < 4.78 is 21.4. The molecule has 0 unspecified atom stereocenters. The van der Waals surface area contributed by atoms with Gasteiger partial charge in [-0.2, -0.15) is 9.55 Å². The van der Waals surface area contributed by atoms with E-state index >= 15 is 0 Å². The smallest absolute Gasteiger partial charge is 0.446 e. The van der Waals surface area contributed by atoms with Crippen LogP contribution in [0.25, 0.3) is 0 Å². The van der Waals surface area contributed by atoms with Gasteiger partial charge in [-0.3, -0.25) is 4.52 Å². The maximum Gasteiger partial charge on any atom is 0.469 e. The van der Waals surface area contributed by atoms with Gasteiger partial charge in [-0.1, -0.05) is 0 Å². The highest BCUT2D eigenvalue weighted by Gasteiger charge is 2.40. The summed E-state index contributed by atoms with van der Waals surface area (Å²) in [5.41, 5.74) is -0.693. The van der Waals surface area contributed by atoms with Gasteiger partial charge in [-0.25, -0.2) is 9.36 Å². The third-order valence-electron chi connectivity index (χ3n) is 3.15. The molecule has 22 heavy (non-hydrogen) atoms. The van der Waals surface area contributed by atoms with Gasteiger partial charge < -0.3 is 29.8 Å². The second kappa shape index (κ2) is 6.42. The van der Waals surface area contributed by atoms with Gasteiger partial charge in [0.15, 0.2) is 0 Å².